The number of aromatic nitrogens is 5. The first kappa shape index (κ1) is 43.4. The highest BCUT2D eigenvalue weighted by atomic mass is 32.1. The molecule has 0 atom stereocenters. The molecular formula is C51H54N10S2. The lowest BCUT2D eigenvalue weighted by Gasteiger charge is -2.29. The second-order valence-corrected chi connectivity index (χ2v) is 18.5. The maximum absolute atomic E-state index is 10.4. The van der Waals surface area contributed by atoms with Gasteiger partial charge in [-0.05, 0) is 173 Å². The number of hydrogen-bond acceptors (Lipinski definition) is 11. The van der Waals surface area contributed by atoms with Gasteiger partial charge in [0.25, 0.3) is 0 Å². The third-order valence-electron chi connectivity index (χ3n) is 12.2. The molecule has 0 spiro atoms. The summed E-state index contributed by atoms with van der Waals surface area (Å²) in [6.45, 7) is 25.7. The van der Waals surface area contributed by atoms with E-state index in [0.29, 0.717) is 33.7 Å². The summed E-state index contributed by atoms with van der Waals surface area (Å²) >= 11 is 3.18. The summed E-state index contributed by atoms with van der Waals surface area (Å²) < 4.78 is 3.78. The Balaban J connectivity index is 1.40. The van der Waals surface area contributed by atoms with Crippen molar-refractivity contribution in [2.75, 3.05) is 10.2 Å². The Bertz CT molecular complexity index is 3160. The second-order valence-electron chi connectivity index (χ2n) is 16.4. The number of rotatable bonds is 12. The molecular weight excluding hydrogens is 817 g/mol. The Kier molecular flexibility index (Phi) is 12.0. The zero-order chi connectivity index (χ0) is 44.9. The van der Waals surface area contributed by atoms with Gasteiger partial charge < -0.3 is 5.32 Å². The van der Waals surface area contributed by atoms with E-state index in [2.05, 4.69) is 140 Å². The van der Waals surface area contributed by atoms with E-state index in [4.69, 9.17) is 30.3 Å². The van der Waals surface area contributed by atoms with Crippen LogP contribution in [0, 0.1) is 66.7 Å². The van der Waals surface area contributed by atoms with Crippen LogP contribution in [0.4, 0.5) is 39.6 Å². The number of benzene rings is 4. The number of azo groups is 1. The Morgan fingerprint density at radius 1 is 0.683 bits per heavy atom. The van der Waals surface area contributed by atoms with Crippen LogP contribution >= 0.6 is 22.7 Å². The molecule has 0 bridgehead atoms. The molecule has 8 rings (SSSR count). The van der Waals surface area contributed by atoms with E-state index in [-0.39, 0.29) is 0 Å². The van der Waals surface area contributed by atoms with Crippen molar-refractivity contribution in [3.8, 4) is 11.2 Å². The number of fused-ring (bicyclic) bond motifs is 2. The van der Waals surface area contributed by atoms with Crippen LogP contribution in [0.5, 0.6) is 0 Å². The maximum atomic E-state index is 10.4. The van der Waals surface area contributed by atoms with Crippen LogP contribution in [-0.4, -0.2) is 24.7 Å². The molecule has 0 aliphatic rings. The molecule has 0 saturated carbocycles. The van der Waals surface area contributed by atoms with E-state index in [9.17, 15) is 5.26 Å². The number of hydrogen-bond donors (Lipinski definition) is 1. The van der Waals surface area contributed by atoms with Gasteiger partial charge in [0.1, 0.15) is 23.1 Å². The van der Waals surface area contributed by atoms with Gasteiger partial charge in [-0.3, -0.25) is 4.90 Å². The van der Waals surface area contributed by atoms with Crippen molar-refractivity contribution >= 4 is 82.8 Å². The average molecular weight is 871 g/mol. The van der Waals surface area contributed by atoms with E-state index in [0.717, 1.165) is 79.6 Å². The van der Waals surface area contributed by atoms with Gasteiger partial charge in [-0.15, -0.1) is 10.2 Å². The van der Waals surface area contributed by atoms with E-state index in [1.165, 1.54) is 61.4 Å². The first-order valence-electron chi connectivity index (χ1n) is 21.8. The van der Waals surface area contributed by atoms with Crippen LogP contribution in [0.2, 0.25) is 0 Å². The van der Waals surface area contributed by atoms with Crippen molar-refractivity contribution < 1.29 is 0 Å². The van der Waals surface area contributed by atoms with Gasteiger partial charge in [0.2, 0.25) is 5.13 Å². The molecule has 0 unspecified atom stereocenters. The van der Waals surface area contributed by atoms with Crippen LogP contribution in [0.25, 0.3) is 25.6 Å². The van der Waals surface area contributed by atoms with Crippen molar-refractivity contribution in [2.45, 2.75) is 109 Å². The zero-order valence-electron chi connectivity index (χ0n) is 38.4. The van der Waals surface area contributed by atoms with Crippen LogP contribution < -0.4 is 10.2 Å². The summed E-state index contributed by atoms with van der Waals surface area (Å²) in [5.41, 5.74) is 18.6. The molecule has 0 fully saturated rings. The topological polar surface area (TPSA) is 120 Å². The molecule has 12 heteroatoms. The van der Waals surface area contributed by atoms with Gasteiger partial charge in [0, 0.05) is 5.69 Å². The number of nitrogens with zero attached hydrogens (tertiary/aromatic N) is 9. The van der Waals surface area contributed by atoms with Crippen molar-refractivity contribution in [1.82, 2.24) is 24.7 Å². The lowest BCUT2D eigenvalue weighted by Crippen LogP contribution is -2.18. The highest BCUT2D eigenvalue weighted by molar-refractivity contribution is 7.22. The van der Waals surface area contributed by atoms with Crippen molar-refractivity contribution in [3.63, 3.8) is 0 Å². The minimum atomic E-state index is 0.316. The SMILES string of the molecule is CCc1cc(C)c(C)c(CC)c1Nc1nc(N(c2nc3ccc(C)cc3s2)c2c(CC)cc(C)c(C)c2CC)cc(C)c1N=Nc1c(C#N)c(C)nn1-c1nc2cc(C)ccc2s1. The first-order chi connectivity index (χ1) is 30.3. The standard InChI is InChI=1S/C51H54N10S2/c1-13-35-23-29(7)32(10)37(15-3)46(35)56-48-45(57-58-49-39(26-52)34(12)59-61(49)51-54-41-21-27(5)18-20-42(41)62-51)31(9)25-44(55-48)60(50-53-40-19-17-28(6)22-43(40)63-50)47-36(14-2)24-30(8)33(11)38(47)16-4/h17-25H,13-16H2,1-12H3,(H,55,56). The molecule has 10 nitrogen and oxygen atoms in total. The molecule has 0 radical (unpaired) electrons. The Labute approximate surface area is 378 Å². The highest BCUT2D eigenvalue weighted by Crippen LogP contribution is 2.47. The van der Waals surface area contributed by atoms with Crippen molar-refractivity contribution in [3.05, 3.63) is 127 Å². The summed E-state index contributed by atoms with van der Waals surface area (Å²) in [7, 11) is 0. The van der Waals surface area contributed by atoms with Crippen molar-refractivity contribution in [1.29, 1.82) is 5.26 Å². The van der Waals surface area contributed by atoms with E-state index in [1.54, 1.807) is 16.0 Å². The average Bonchev–Trinajstić information content (AvgIpc) is 3.97. The van der Waals surface area contributed by atoms with Crippen LogP contribution in [-0.2, 0) is 25.7 Å². The summed E-state index contributed by atoms with van der Waals surface area (Å²) in [5.74, 6) is 1.59. The lowest BCUT2D eigenvalue weighted by atomic mass is 9.93. The molecule has 0 aliphatic heterocycles. The molecule has 4 aromatic heterocycles. The third kappa shape index (κ3) is 7.89. The Morgan fingerprint density at radius 3 is 2.06 bits per heavy atom. The molecule has 63 heavy (non-hydrogen) atoms. The zero-order valence-corrected chi connectivity index (χ0v) is 40.0. The predicted molar refractivity (Wildman–Crippen MR) is 263 cm³/mol. The smallest absolute Gasteiger partial charge is 0.213 e. The first-order valence-corrected chi connectivity index (χ1v) is 23.4. The van der Waals surface area contributed by atoms with Crippen molar-refractivity contribution in [2.24, 2.45) is 10.2 Å². The van der Waals surface area contributed by atoms with Gasteiger partial charge in [-0.2, -0.15) is 15.0 Å². The second kappa shape index (κ2) is 17.5. The lowest BCUT2D eigenvalue weighted by molar-refractivity contribution is 0.848. The highest BCUT2D eigenvalue weighted by Gasteiger charge is 2.28. The molecule has 0 amide bonds. The molecule has 0 saturated heterocycles. The fraction of sp³-hybridized carbons (Fsp3) is 0.314. The van der Waals surface area contributed by atoms with Crippen LogP contribution in [0.3, 0.4) is 0 Å². The number of pyridine rings is 1. The van der Waals surface area contributed by atoms with Gasteiger partial charge in [-0.1, -0.05) is 74.6 Å². The van der Waals surface area contributed by atoms with Gasteiger partial charge in [0.05, 0.1) is 31.8 Å². The van der Waals surface area contributed by atoms with E-state index >= 15 is 0 Å². The predicted octanol–water partition coefficient (Wildman–Crippen LogP) is 14.7. The van der Waals surface area contributed by atoms with Gasteiger partial charge in [-0.25, -0.2) is 15.0 Å². The number of nitrogens with one attached hydrogen (secondary N) is 1. The van der Waals surface area contributed by atoms with Crippen LogP contribution in [0.15, 0.2) is 64.8 Å². The van der Waals surface area contributed by atoms with Gasteiger partial charge >= 0.3 is 0 Å². The number of aryl methyl sites for hydroxylation is 8. The molecule has 4 aromatic carbocycles. The molecule has 320 valence electrons. The number of anilines is 5. The minimum absolute atomic E-state index is 0.316. The minimum Gasteiger partial charge on any atom is -0.338 e. The normalized spacial score (nSPS) is 11.7. The summed E-state index contributed by atoms with van der Waals surface area (Å²) in [6, 6.07) is 21.7. The number of nitriles is 1. The Morgan fingerprint density at radius 2 is 1.37 bits per heavy atom. The van der Waals surface area contributed by atoms with E-state index < -0.39 is 0 Å². The molecule has 0 aliphatic carbocycles. The summed E-state index contributed by atoms with van der Waals surface area (Å²) in [5, 5.41) is 30.4. The fourth-order valence-corrected chi connectivity index (χ4v) is 10.5. The monoisotopic (exact) mass is 870 g/mol. The Hall–Kier alpha value is -6.29. The molecule has 1 N–H and O–H groups in total. The third-order valence-corrected chi connectivity index (χ3v) is 14.3. The summed E-state index contributed by atoms with van der Waals surface area (Å²) in [4.78, 5) is 18.1. The van der Waals surface area contributed by atoms with E-state index in [1.807, 2.05) is 13.8 Å². The largest absolute Gasteiger partial charge is 0.338 e. The number of thiazole rings is 2. The quantitative estimate of drug-likeness (QED) is 0.121. The molecule has 4 heterocycles. The fourth-order valence-electron chi connectivity index (χ4n) is 8.57. The van der Waals surface area contributed by atoms with Crippen LogP contribution in [0.1, 0.15) is 100 Å². The molecule has 8 aromatic rings. The van der Waals surface area contributed by atoms with Gasteiger partial charge in [0.15, 0.2) is 16.8 Å². The maximum Gasteiger partial charge on any atom is 0.213 e. The summed E-state index contributed by atoms with van der Waals surface area (Å²) in [6.07, 6.45) is 3.35.